The van der Waals surface area contributed by atoms with E-state index in [0.717, 1.165) is 0 Å². The lowest BCUT2D eigenvalue weighted by Crippen LogP contribution is -2.42. The highest BCUT2D eigenvalue weighted by molar-refractivity contribution is 5.89. The van der Waals surface area contributed by atoms with Crippen LogP contribution in [0.25, 0.3) is 0 Å². The van der Waals surface area contributed by atoms with E-state index in [2.05, 4.69) is 0 Å². The molecule has 0 aliphatic carbocycles. The van der Waals surface area contributed by atoms with Gasteiger partial charge in [0.2, 0.25) is 0 Å². The first-order valence-corrected chi connectivity index (χ1v) is 6.80. The molecule has 15 heteroatoms. The maximum atomic E-state index is 10.3. The third-order valence-corrected chi connectivity index (χ3v) is 2.14. The molecule has 0 rings (SSSR count). The highest BCUT2D eigenvalue weighted by Gasteiger charge is 2.40. The first kappa shape index (κ1) is 29.0. The normalized spacial score (nSPS) is 9.46. The lowest BCUT2D eigenvalue weighted by Gasteiger charge is -2.18. The van der Waals surface area contributed by atoms with Crippen molar-refractivity contribution >= 4 is 41.8 Å². The average Bonchev–Trinajstić information content (AvgIpc) is 2.42. The van der Waals surface area contributed by atoms with Crippen molar-refractivity contribution in [1.82, 2.24) is 0 Å². The number of hydrogen-bond acceptors (Lipinski definition) is 8. The van der Waals surface area contributed by atoms with Crippen LogP contribution in [0.15, 0.2) is 0 Å². The van der Waals surface area contributed by atoms with Crippen LogP contribution in [0.5, 0.6) is 0 Å². The zero-order valence-electron chi connectivity index (χ0n) is 14.0. The van der Waals surface area contributed by atoms with Crippen LogP contribution in [-0.4, -0.2) is 88.2 Å². The van der Waals surface area contributed by atoms with Crippen molar-refractivity contribution in [2.45, 2.75) is 37.7 Å². The van der Waals surface area contributed by atoms with Crippen LogP contribution in [-0.2, 0) is 33.6 Å². The van der Waals surface area contributed by atoms with Crippen molar-refractivity contribution in [3.05, 3.63) is 0 Å². The number of carbonyl (C=O) groups is 7. The fraction of sp³-hybridized carbons (Fsp3) is 0.462. The van der Waals surface area contributed by atoms with E-state index < -0.39 is 66.6 Å². The molecule has 0 bridgehead atoms. The summed E-state index contributed by atoms with van der Waals surface area (Å²) in [6, 6.07) is 0. The number of hydrogen-bond donors (Lipinski definition) is 8. The Morgan fingerprint density at radius 3 is 0.893 bits per heavy atom. The lowest BCUT2D eigenvalue weighted by atomic mass is 9.96. The molecular weight excluding hydrogens is 396 g/mol. The molecule has 160 valence electrons. The molecule has 0 heterocycles. The van der Waals surface area contributed by atoms with Gasteiger partial charge < -0.3 is 40.9 Å². The van der Waals surface area contributed by atoms with Gasteiger partial charge in [0.05, 0.1) is 25.7 Å². The summed E-state index contributed by atoms with van der Waals surface area (Å²) in [5.74, 6) is -9.80. The Labute approximate surface area is 155 Å². The highest BCUT2D eigenvalue weighted by atomic mass is 16.4. The standard InChI is InChI=1S/C6H8O7.C4H6O4.C3H4O4/c7-3(8)1-6(13,5(11)12)2-4(9)10;5-3(6)1-2-4(7)8;4-2(5)1-3(6)7/h13H,1-2H2,(H,7,8)(H,9,10)(H,11,12);1-2H2,(H,5,6)(H,7,8);1H2,(H,4,5)(H,6,7). The van der Waals surface area contributed by atoms with Crippen LogP contribution in [0, 0.1) is 0 Å². The molecule has 0 radical (unpaired) electrons. The van der Waals surface area contributed by atoms with E-state index in [4.69, 9.17) is 40.9 Å². The predicted octanol–water partition coefficient (Wildman–Crippen LogP) is -1.77. The van der Waals surface area contributed by atoms with Crippen molar-refractivity contribution in [2.24, 2.45) is 0 Å². The van der Waals surface area contributed by atoms with Crippen molar-refractivity contribution in [3.63, 3.8) is 0 Å². The van der Waals surface area contributed by atoms with Gasteiger partial charge in [-0.1, -0.05) is 0 Å². The molecular formula is C13H18O15. The SMILES string of the molecule is O=C(O)CC(=O)O.O=C(O)CC(O)(CC(=O)O)C(=O)O.O=C(O)CCC(=O)O. The molecule has 8 N–H and O–H groups in total. The molecule has 0 aliphatic rings. The van der Waals surface area contributed by atoms with Gasteiger partial charge in [0, 0.05) is 0 Å². The largest absolute Gasteiger partial charge is 0.481 e. The number of aliphatic hydroxyl groups is 1. The summed E-state index contributed by atoms with van der Waals surface area (Å²) in [5.41, 5.74) is -2.74. The van der Waals surface area contributed by atoms with Gasteiger partial charge >= 0.3 is 41.8 Å². The monoisotopic (exact) mass is 414 g/mol. The van der Waals surface area contributed by atoms with E-state index >= 15 is 0 Å². The molecule has 0 unspecified atom stereocenters. The number of carboxylic acids is 7. The first-order valence-electron chi connectivity index (χ1n) is 6.80. The summed E-state index contributed by atoms with van der Waals surface area (Å²) in [6.45, 7) is 0. The van der Waals surface area contributed by atoms with E-state index in [1.807, 2.05) is 0 Å². The minimum atomic E-state index is -2.74. The van der Waals surface area contributed by atoms with Gasteiger partial charge in [-0.15, -0.1) is 0 Å². The molecule has 0 amide bonds. The summed E-state index contributed by atoms with van der Waals surface area (Å²) in [7, 11) is 0. The summed E-state index contributed by atoms with van der Waals surface area (Å²) in [6.07, 6.45) is -3.69. The van der Waals surface area contributed by atoms with E-state index in [1.54, 1.807) is 0 Å². The van der Waals surface area contributed by atoms with Crippen LogP contribution in [0.2, 0.25) is 0 Å². The van der Waals surface area contributed by atoms with Gasteiger partial charge in [0.25, 0.3) is 0 Å². The van der Waals surface area contributed by atoms with Crippen LogP contribution in [0.1, 0.15) is 32.1 Å². The molecule has 0 fully saturated rings. The van der Waals surface area contributed by atoms with E-state index in [0.29, 0.717) is 0 Å². The Bertz CT molecular complexity index is 563. The predicted molar refractivity (Wildman–Crippen MR) is 81.5 cm³/mol. The maximum Gasteiger partial charge on any atom is 0.336 e. The topological polar surface area (TPSA) is 281 Å². The van der Waals surface area contributed by atoms with Gasteiger partial charge in [-0.25, -0.2) is 4.79 Å². The van der Waals surface area contributed by atoms with Gasteiger partial charge in [-0.05, 0) is 0 Å². The molecule has 0 saturated carbocycles. The Morgan fingerprint density at radius 1 is 0.500 bits per heavy atom. The molecule has 0 saturated heterocycles. The summed E-state index contributed by atoms with van der Waals surface area (Å²) in [4.78, 5) is 68.6. The molecule has 0 spiro atoms. The molecule has 0 aliphatic heterocycles. The second kappa shape index (κ2) is 14.4. The van der Waals surface area contributed by atoms with Crippen molar-refractivity contribution in [1.29, 1.82) is 0 Å². The minimum absolute atomic E-state index is 0.296. The Morgan fingerprint density at radius 2 is 0.786 bits per heavy atom. The fourth-order valence-corrected chi connectivity index (χ4v) is 1.06. The first-order chi connectivity index (χ1) is 12.5. The van der Waals surface area contributed by atoms with Crippen LogP contribution >= 0.6 is 0 Å². The number of carboxylic acid groups (broad SMARTS) is 7. The Kier molecular flexibility index (Phi) is 15.0. The second-order valence-electron chi connectivity index (χ2n) is 4.73. The minimum Gasteiger partial charge on any atom is -0.481 e. The van der Waals surface area contributed by atoms with Gasteiger partial charge in [-0.2, -0.15) is 0 Å². The highest BCUT2D eigenvalue weighted by Crippen LogP contribution is 2.15. The van der Waals surface area contributed by atoms with Crippen LogP contribution in [0.4, 0.5) is 0 Å². The Hall–Kier alpha value is -3.75. The molecule has 28 heavy (non-hydrogen) atoms. The average molecular weight is 414 g/mol. The van der Waals surface area contributed by atoms with Gasteiger partial charge in [0.1, 0.15) is 6.42 Å². The van der Waals surface area contributed by atoms with Gasteiger partial charge in [-0.3, -0.25) is 28.8 Å². The van der Waals surface area contributed by atoms with Crippen molar-refractivity contribution in [3.8, 4) is 0 Å². The molecule has 0 atom stereocenters. The lowest BCUT2D eigenvalue weighted by molar-refractivity contribution is -0.170. The molecule has 0 aromatic heterocycles. The summed E-state index contributed by atoms with van der Waals surface area (Å²) in [5, 5.41) is 65.0. The maximum absolute atomic E-state index is 10.3. The van der Waals surface area contributed by atoms with Crippen LogP contribution in [0.3, 0.4) is 0 Å². The van der Waals surface area contributed by atoms with Gasteiger partial charge in [0.15, 0.2) is 5.60 Å². The Balaban J connectivity index is -0.000000359. The van der Waals surface area contributed by atoms with Crippen molar-refractivity contribution in [2.75, 3.05) is 0 Å². The third-order valence-electron chi connectivity index (χ3n) is 2.14. The smallest absolute Gasteiger partial charge is 0.336 e. The molecule has 15 nitrogen and oxygen atoms in total. The summed E-state index contributed by atoms with van der Waals surface area (Å²) >= 11 is 0. The number of rotatable bonds is 10. The van der Waals surface area contributed by atoms with E-state index in [9.17, 15) is 33.6 Å². The second-order valence-corrected chi connectivity index (χ2v) is 4.73. The zero-order chi connectivity index (χ0) is 23.1. The van der Waals surface area contributed by atoms with E-state index in [1.165, 1.54) is 0 Å². The van der Waals surface area contributed by atoms with E-state index in [-0.39, 0.29) is 12.8 Å². The number of aliphatic carboxylic acids is 7. The van der Waals surface area contributed by atoms with Crippen LogP contribution < -0.4 is 0 Å². The quantitative estimate of drug-likeness (QED) is 0.184. The fourth-order valence-electron chi connectivity index (χ4n) is 1.06. The molecule has 0 aromatic carbocycles. The molecule has 0 aromatic rings. The zero-order valence-corrected chi connectivity index (χ0v) is 14.0. The summed E-state index contributed by atoms with van der Waals surface area (Å²) < 4.78 is 0. The third kappa shape index (κ3) is 22.2. The van der Waals surface area contributed by atoms with Crippen molar-refractivity contribution < 1.29 is 74.4 Å².